The van der Waals surface area contributed by atoms with Gasteiger partial charge in [-0.15, -0.1) is 12.4 Å². The van der Waals surface area contributed by atoms with Gasteiger partial charge in [-0.25, -0.2) is 8.78 Å². The van der Waals surface area contributed by atoms with E-state index in [0.29, 0.717) is 11.6 Å². The maximum Gasteiger partial charge on any atom is 0.125 e. The molecule has 2 aliphatic rings. The van der Waals surface area contributed by atoms with Crippen molar-refractivity contribution in [3.63, 3.8) is 0 Å². The quantitative estimate of drug-likeness (QED) is 0.314. The smallest absolute Gasteiger partial charge is 0.125 e. The lowest BCUT2D eigenvalue weighted by Crippen LogP contribution is -2.53. The van der Waals surface area contributed by atoms with Crippen LogP contribution >= 0.6 is 24.0 Å². The fourth-order valence-corrected chi connectivity index (χ4v) is 5.80. The molecular formula is C30H33Cl2F2NO2. The fraction of sp³-hybridized carbons (Fsp3) is 0.400. The second-order valence-electron chi connectivity index (χ2n) is 10.0. The minimum Gasteiger partial charge on any atom is -0.487 e. The highest BCUT2D eigenvalue weighted by atomic mass is 35.5. The number of fused-ring (bicyclic) bond motifs is 1. The molecular weight excluding hydrogens is 515 g/mol. The van der Waals surface area contributed by atoms with Crippen LogP contribution in [0.3, 0.4) is 0 Å². The van der Waals surface area contributed by atoms with Gasteiger partial charge in [0.2, 0.25) is 0 Å². The summed E-state index contributed by atoms with van der Waals surface area (Å²) in [7, 11) is 0. The number of likely N-dealkylation sites (tertiary alicyclic amines) is 1. The number of nitrogens with zero attached hydrogens (tertiary/aromatic N) is 1. The second-order valence-corrected chi connectivity index (χ2v) is 10.4. The lowest BCUT2D eigenvalue weighted by molar-refractivity contribution is -0.136. The highest BCUT2D eigenvalue weighted by Gasteiger charge is 2.43. The summed E-state index contributed by atoms with van der Waals surface area (Å²) in [4.78, 5) is 2.46. The van der Waals surface area contributed by atoms with Crippen LogP contribution in [-0.2, 0) is 11.3 Å². The Morgan fingerprint density at radius 1 is 0.973 bits per heavy atom. The minimum absolute atomic E-state index is 0. The summed E-state index contributed by atoms with van der Waals surface area (Å²) in [6, 6.07) is 19.0. The van der Waals surface area contributed by atoms with Crippen LogP contribution in [0, 0.1) is 11.6 Å². The van der Waals surface area contributed by atoms with E-state index in [-0.39, 0.29) is 41.7 Å². The Labute approximate surface area is 229 Å². The minimum atomic E-state index is -0.312. The molecule has 5 rings (SSSR count). The Kier molecular flexibility index (Phi) is 9.12. The van der Waals surface area contributed by atoms with Crippen molar-refractivity contribution in [3.8, 4) is 5.75 Å². The lowest BCUT2D eigenvalue weighted by atomic mass is 9.85. The molecule has 3 aromatic carbocycles. The van der Waals surface area contributed by atoms with Crippen LogP contribution in [0.25, 0.3) is 0 Å². The number of hydrogen-bond donors (Lipinski definition) is 0. The predicted molar refractivity (Wildman–Crippen MR) is 146 cm³/mol. The normalized spacial score (nSPS) is 19.1. The van der Waals surface area contributed by atoms with Crippen LogP contribution in [0.4, 0.5) is 8.78 Å². The number of piperidine rings is 1. The molecule has 0 radical (unpaired) electrons. The Balaban J connectivity index is 0.00000320. The molecule has 0 N–H and O–H groups in total. The molecule has 0 bridgehead atoms. The van der Waals surface area contributed by atoms with E-state index in [4.69, 9.17) is 21.1 Å². The molecule has 3 aromatic rings. The first-order chi connectivity index (χ1) is 17.4. The summed E-state index contributed by atoms with van der Waals surface area (Å²) >= 11 is 6.17. The molecule has 1 saturated heterocycles. The molecule has 3 nitrogen and oxygen atoms in total. The maximum atomic E-state index is 14.0. The zero-order valence-corrected chi connectivity index (χ0v) is 22.5. The van der Waals surface area contributed by atoms with Crippen LogP contribution in [0.5, 0.6) is 5.75 Å². The van der Waals surface area contributed by atoms with E-state index in [1.54, 1.807) is 24.3 Å². The van der Waals surface area contributed by atoms with Gasteiger partial charge >= 0.3 is 0 Å². The monoisotopic (exact) mass is 547 g/mol. The van der Waals surface area contributed by atoms with Crippen molar-refractivity contribution in [2.24, 2.45) is 0 Å². The van der Waals surface area contributed by atoms with Gasteiger partial charge in [0.25, 0.3) is 0 Å². The third-order valence-corrected chi connectivity index (χ3v) is 7.99. The largest absolute Gasteiger partial charge is 0.487 e. The second kappa shape index (κ2) is 12.1. The van der Waals surface area contributed by atoms with Crippen molar-refractivity contribution in [2.45, 2.75) is 56.8 Å². The number of benzene rings is 3. The van der Waals surface area contributed by atoms with E-state index in [9.17, 15) is 8.78 Å². The van der Waals surface area contributed by atoms with Crippen molar-refractivity contribution < 1.29 is 18.3 Å². The first kappa shape index (κ1) is 27.8. The van der Waals surface area contributed by atoms with Crippen molar-refractivity contribution in [1.29, 1.82) is 0 Å². The summed E-state index contributed by atoms with van der Waals surface area (Å²) in [6.07, 6.45) is 3.50. The molecule has 198 valence electrons. The highest BCUT2D eigenvalue weighted by Crippen LogP contribution is 2.39. The third-order valence-electron chi connectivity index (χ3n) is 7.75. The number of hydrogen-bond acceptors (Lipinski definition) is 3. The van der Waals surface area contributed by atoms with Gasteiger partial charge in [0.05, 0.1) is 6.61 Å². The van der Waals surface area contributed by atoms with Crippen LogP contribution < -0.4 is 4.74 Å². The van der Waals surface area contributed by atoms with Crippen LogP contribution in [-0.4, -0.2) is 36.2 Å². The van der Waals surface area contributed by atoms with Gasteiger partial charge in [-0.3, -0.25) is 0 Å². The average Bonchev–Trinajstić information content (AvgIpc) is 2.99. The standard InChI is InChI=1S/C30H32ClF2NO2.ClH/c1-21-30(35-20-24-17-25(31)10-11-29(24)36-21)12-15-34(16-13-30)14-4-9-28(22-5-2-7-26(32)18-22)23-6-3-8-27(33)19-23;/h2-3,5-8,10-11,17-19,21,28H,4,9,12-16,20H2,1H3;1H. The zero-order valence-electron chi connectivity index (χ0n) is 21.0. The van der Waals surface area contributed by atoms with E-state index in [1.807, 2.05) is 30.3 Å². The van der Waals surface area contributed by atoms with Gasteiger partial charge < -0.3 is 14.4 Å². The van der Waals surface area contributed by atoms with Crippen LogP contribution in [0.15, 0.2) is 66.7 Å². The highest BCUT2D eigenvalue weighted by molar-refractivity contribution is 6.30. The topological polar surface area (TPSA) is 21.7 Å². The van der Waals surface area contributed by atoms with Gasteiger partial charge in [-0.1, -0.05) is 35.9 Å². The van der Waals surface area contributed by atoms with Crippen molar-refractivity contribution >= 4 is 24.0 Å². The number of halogens is 4. The molecule has 7 heteroatoms. The van der Waals surface area contributed by atoms with Gasteiger partial charge in [0.1, 0.15) is 29.1 Å². The maximum absolute atomic E-state index is 14.0. The predicted octanol–water partition coefficient (Wildman–Crippen LogP) is 7.78. The third kappa shape index (κ3) is 6.46. The lowest BCUT2D eigenvalue weighted by Gasteiger charge is -2.43. The van der Waals surface area contributed by atoms with E-state index in [1.165, 1.54) is 12.1 Å². The Morgan fingerprint density at radius 3 is 2.24 bits per heavy atom. The molecule has 2 aliphatic heterocycles. The Bertz CT molecular complexity index is 1150. The van der Waals surface area contributed by atoms with E-state index in [0.717, 1.165) is 67.8 Å². The molecule has 1 fully saturated rings. The molecule has 1 spiro atoms. The molecule has 0 aliphatic carbocycles. The molecule has 1 unspecified atom stereocenters. The summed E-state index contributed by atoms with van der Waals surface area (Å²) in [5.74, 6) is 0.280. The van der Waals surface area contributed by atoms with Gasteiger partial charge in [-0.2, -0.15) is 0 Å². The van der Waals surface area contributed by atoms with Gasteiger partial charge in [0.15, 0.2) is 0 Å². The molecule has 2 heterocycles. The van der Waals surface area contributed by atoms with E-state index < -0.39 is 0 Å². The Hall–Kier alpha value is -2.18. The molecule has 0 amide bonds. The fourth-order valence-electron chi connectivity index (χ4n) is 5.61. The summed E-state index contributed by atoms with van der Waals surface area (Å²) in [5.41, 5.74) is 2.45. The average molecular weight is 549 g/mol. The molecule has 1 atom stereocenters. The zero-order chi connectivity index (χ0) is 25.1. The summed E-state index contributed by atoms with van der Waals surface area (Å²) < 4.78 is 40.7. The Morgan fingerprint density at radius 2 is 1.62 bits per heavy atom. The van der Waals surface area contributed by atoms with Crippen LogP contribution in [0.1, 0.15) is 55.2 Å². The van der Waals surface area contributed by atoms with Gasteiger partial charge in [-0.05, 0) is 92.7 Å². The number of rotatable bonds is 6. The molecule has 0 aromatic heterocycles. The van der Waals surface area contributed by atoms with Crippen molar-refractivity contribution in [2.75, 3.05) is 19.6 Å². The first-order valence-electron chi connectivity index (χ1n) is 12.7. The van der Waals surface area contributed by atoms with Crippen LogP contribution in [0.2, 0.25) is 5.02 Å². The SMILES string of the molecule is CC1Oc2ccc(Cl)cc2COC12CCN(CCCC(c1cccc(F)c1)c1cccc(F)c1)CC2.Cl. The molecule has 0 saturated carbocycles. The first-order valence-corrected chi connectivity index (χ1v) is 13.1. The number of ether oxygens (including phenoxy) is 2. The summed E-state index contributed by atoms with van der Waals surface area (Å²) in [6.45, 7) is 5.39. The van der Waals surface area contributed by atoms with E-state index >= 15 is 0 Å². The van der Waals surface area contributed by atoms with E-state index in [2.05, 4.69) is 11.8 Å². The van der Waals surface area contributed by atoms with Crippen molar-refractivity contribution in [3.05, 3.63) is 100 Å². The van der Waals surface area contributed by atoms with Crippen molar-refractivity contribution in [1.82, 2.24) is 4.90 Å². The summed E-state index contributed by atoms with van der Waals surface area (Å²) in [5, 5.41) is 0.689. The molecule has 37 heavy (non-hydrogen) atoms. The van der Waals surface area contributed by atoms with Gasteiger partial charge in [0, 0.05) is 29.6 Å².